The van der Waals surface area contributed by atoms with Crippen LogP contribution in [0.3, 0.4) is 0 Å². The van der Waals surface area contributed by atoms with Crippen LogP contribution in [0.5, 0.6) is 0 Å². The third-order valence-electron chi connectivity index (χ3n) is 5.58. The highest BCUT2D eigenvalue weighted by molar-refractivity contribution is 9.10. The molecule has 1 saturated heterocycles. The molecule has 1 N–H and O–H groups in total. The van der Waals surface area contributed by atoms with Crippen LogP contribution in [0.2, 0.25) is 0 Å². The largest absolute Gasteiger partial charge is 0.465 e. The summed E-state index contributed by atoms with van der Waals surface area (Å²) < 4.78 is 45.3. The minimum atomic E-state index is -4.39. The standard InChI is InChI=1S/C22H23BrF3NO3/c23-19-13-16(12-18(14-19)22(24,25)26)6-11-30-15-21(17-4-2-1-3-5-17)7-9-27(10-8-21)20(28)29/h1-5,12-14H,6-11,15H2,(H,28,29). The van der Waals surface area contributed by atoms with Crippen molar-refractivity contribution in [1.29, 1.82) is 0 Å². The summed E-state index contributed by atoms with van der Waals surface area (Å²) in [6.07, 6.45) is -3.69. The van der Waals surface area contributed by atoms with Gasteiger partial charge in [-0.3, -0.25) is 0 Å². The van der Waals surface area contributed by atoms with Gasteiger partial charge in [-0.25, -0.2) is 4.79 Å². The molecule has 2 aromatic rings. The van der Waals surface area contributed by atoms with Crippen LogP contribution in [0, 0.1) is 0 Å². The maximum absolute atomic E-state index is 13.0. The highest BCUT2D eigenvalue weighted by Crippen LogP contribution is 2.36. The molecule has 0 aromatic heterocycles. The lowest BCUT2D eigenvalue weighted by Crippen LogP contribution is -2.47. The second kappa shape index (κ2) is 9.39. The molecule has 1 aliphatic heterocycles. The number of amides is 1. The van der Waals surface area contributed by atoms with Gasteiger partial charge in [-0.05, 0) is 48.6 Å². The van der Waals surface area contributed by atoms with Crippen molar-refractivity contribution < 1.29 is 27.8 Å². The van der Waals surface area contributed by atoms with Crippen molar-refractivity contribution in [2.45, 2.75) is 30.9 Å². The lowest BCUT2D eigenvalue weighted by molar-refractivity contribution is -0.137. The van der Waals surface area contributed by atoms with Crippen molar-refractivity contribution >= 4 is 22.0 Å². The predicted octanol–water partition coefficient (Wildman–Crippen LogP) is 5.74. The SMILES string of the molecule is O=C(O)N1CCC(COCCc2cc(Br)cc(C(F)(F)F)c2)(c2ccccc2)CC1. The minimum Gasteiger partial charge on any atom is -0.465 e. The second-order valence-corrected chi connectivity index (χ2v) is 8.48. The molecule has 3 rings (SSSR count). The first-order chi connectivity index (χ1) is 14.2. The number of likely N-dealkylation sites (tertiary alicyclic amines) is 1. The summed E-state index contributed by atoms with van der Waals surface area (Å²) in [5, 5.41) is 9.23. The molecular formula is C22H23BrF3NO3. The molecule has 0 atom stereocenters. The first kappa shape index (κ1) is 22.6. The number of hydrogen-bond donors (Lipinski definition) is 1. The molecule has 1 heterocycles. The Hall–Kier alpha value is -2.06. The molecule has 1 fully saturated rings. The molecule has 30 heavy (non-hydrogen) atoms. The first-order valence-electron chi connectivity index (χ1n) is 9.67. The number of nitrogens with zero attached hydrogens (tertiary/aromatic N) is 1. The van der Waals surface area contributed by atoms with Crippen molar-refractivity contribution in [3.63, 3.8) is 0 Å². The molecule has 0 spiro atoms. The van der Waals surface area contributed by atoms with Crippen molar-refractivity contribution in [2.75, 3.05) is 26.3 Å². The normalized spacial score (nSPS) is 16.5. The van der Waals surface area contributed by atoms with Crippen LogP contribution >= 0.6 is 15.9 Å². The number of halogens is 4. The number of hydrogen-bond acceptors (Lipinski definition) is 2. The average molecular weight is 486 g/mol. The van der Waals surface area contributed by atoms with E-state index in [0.29, 0.717) is 49.0 Å². The Bertz CT molecular complexity index is 866. The Kier molecular flexibility index (Phi) is 7.08. The summed E-state index contributed by atoms with van der Waals surface area (Å²) in [6.45, 7) is 1.53. The van der Waals surface area contributed by atoms with E-state index >= 15 is 0 Å². The third-order valence-corrected chi connectivity index (χ3v) is 6.03. The van der Waals surface area contributed by atoms with Crippen LogP contribution in [0.25, 0.3) is 0 Å². The number of benzene rings is 2. The first-order valence-corrected chi connectivity index (χ1v) is 10.5. The fourth-order valence-corrected chi connectivity index (χ4v) is 4.39. The lowest BCUT2D eigenvalue weighted by atomic mass is 9.73. The smallest absolute Gasteiger partial charge is 0.416 e. The quantitative estimate of drug-likeness (QED) is 0.530. The van der Waals surface area contributed by atoms with Gasteiger partial charge in [0.1, 0.15) is 0 Å². The van der Waals surface area contributed by atoms with Gasteiger partial charge < -0.3 is 14.7 Å². The van der Waals surface area contributed by atoms with E-state index in [0.717, 1.165) is 17.7 Å². The second-order valence-electron chi connectivity index (χ2n) is 7.56. The summed E-state index contributed by atoms with van der Waals surface area (Å²) >= 11 is 3.14. The van der Waals surface area contributed by atoms with Crippen LogP contribution in [-0.4, -0.2) is 42.4 Å². The summed E-state index contributed by atoms with van der Waals surface area (Å²) in [5.41, 5.74) is 0.651. The molecule has 8 heteroatoms. The van der Waals surface area contributed by atoms with Crippen molar-refractivity contribution in [3.8, 4) is 0 Å². The summed E-state index contributed by atoms with van der Waals surface area (Å²) in [4.78, 5) is 12.7. The molecule has 0 unspecified atom stereocenters. The van der Waals surface area contributed by atoms with Gasteiger partial charge in [-0.2, -0.15) is 13.2 Å². The van der Waals surface area contributed by atoms with Gasteiger partial charge in [-0.15, -0.1) is 0 Å². The predicted molar refractivity (Wildman–Crippen MR) is 111 cm³/mol. The Morgan fingerprint density at radius 3 is 2.40 bits per heavy atom. The highest BCUT2D eigenvalue weighted by atomic mass is 79.9. The fraction of sp³-hybridized carbons (Fsp3) is 0.409. The van der Waals surface area contributed by atoms with Gasteiger partial charge in [0, 0.05) is 23.0 Å². The number of carbonyl (C=O) groups is 1. The molecule has 162 valence electrons. The van der Waals surface area contributed by atoms with Gasteiger partial charge in [0.2, 0.25) is 0 Å². The zero-order valence-electron chi connectivity index (χ0n) is 16.3. The molecule has 1 amide bonds. The number of rotatable bonds is 6. The van der Waals surface area contributed by atoms with Crippen LogP contribution in [0.4, 0.5) is 18.0 Å². The topological polar surface area (TPSA) is 49.8 Å². The van der Waals surface area contributed by atoms with Crippen molar-refractivity contribution in [1.82, 2.24) is 4.90 Å². The van der Waals surface area contributed by atoms with E-state index < -0.39 is 17.8 Å². The number of carboxylic acid groups (broad SMARTS) is 1. The van der Waals surface area contributed by atoms with Gasteiger partial charge in [0.15, 0.2) is 0 Å². The Morgan fingerprint density at radius 1 is 1.13 bits per heavy atom. The maximum atomic E-state index is 13.0. The summed E-state index contributed by atoms with van der Waals surface area (Å²) in [5.74, 6) is 0. The van der Waals surface area contributed by atoms with E-state index in [9.17, 15) is 23.1 Å². The zero-order chi connectivity index (χ0) is 21.8. The van der Waals surface area contributed by atoms with Gasteiger partial charge >= 0.3 is 12.3 Å². The fourth-order valence-electron chi connectivity index (χ4n) is 3.85. The van der Waals surface area contributed by atoms with Crippen molar-refractivity contribution in [3.05, 3.63) is 69.7 Å². The van der Waals surface area contributed by atoms with Gasteiger partial charge in [0.05, 0.1) is 18.8 Å². The number of piperidine rings is 1. The summed E-state index contributed by atoms with van der Waals surface area (Å²) in [6, 6.07) is 13.7. The van der Waals surface area contributed by atoms with Crippen molar-refractivity contribution in [2.24, 2.45) is 0 Å². The average Bonchev–Trinajstić information content (AvgIpc) is 2.71. The van der Waals surface area contributed by atoms with E-state index in [2.05, 4.69) is 15.9 Å². The molecule has 0 saturated carbocycles. The Labute approximate surface area is 181 Å². The minimum absolute atomic E-state index is 0.283. The van der Waals surface area contributed by atoms with E-state index in [1.165, 1.54) is 4.90 Å². The van der Waals surface area contributed by atoms with Crippen LogP contribution in [-0.2, 0) is 22.7 Å². The third kappa shape index (κ3) is 5.55. The van der Waals surface area contributed by atoms with Crippen LogP contribution in [0.1, 0.15) is 29.5 Å². The molecule has 2 aromatic carbocycles. The van der Waals surface area contributed by atoms with E-state index in [1.807, 2.05) is 30.3 Å². The monoisotopic (exact) mass is 485 g/mol. The lowest BCUT2D eigenvalue weighted by Gasteiger charge is -2.41. The van der Waals surface area contributed by atoms with Crippen LogP contribution < -0.4 is 0 Å². The molecule has 0 bridgehead atoms. The Balaban J connectivity index is 1.65. The number of ether oxygens (including phenoxy) is 1. The Morgan fingerprint density at radius 2 is 1.80 bits per heavy atom. The van der Waals surface area contributed by atoms with Crippen LogP contribution in [0.15, 0.2) is 53.0 Å². The maximum Gasteiger partial charge on any atom is 0.416 e. The molecule has 4 nitrogen and oxygen atoms in total. The van der Waals surface area contributed by atoms with Gasteiger partial charge in [-0.1, -0.05) is 46.3 Å². The van der Waals surface area contributed by atoms with E-state index in [4.69, 9.17) is 4.74 Å². The van der Waals surface area contributed by atoms with E-state index in [-0.39, 0.29) is 12.0 Å². The van der Waals surface area contributed by atoms with E-state index in [1.54, 1.807) is 6.07 Å². The molecule has 0 aliphatic carbocycles. The molecule has 0 radical (unpaired) electrons. The highest BCUT2D eigenvalue weighted by Gasteiger charge is 2.37. The zero-order valence-corrected chi connectivity index (χ0v) is 17.9. The summed E-state index contributed by atoms with van der Waals surface area (Å²) in [7, 11) is 0. The number of alkyl halides is 3. The molecule has 1 aliphatic rings. The molecular weight excluding hydrogens is 463 g/mol. The van der Waals surface area contributed by atoms with Gasteiger partial charge in [0.25, 0.3) is 0 Å².